The first-order valence-corrected chi connectivity index (χ1v) is 6.73. The van der Waals surface area contributed by atoms with Crippen LogP contribution in [0.1, 0.15) is 12.8 Å². The van der Waals surface area contributed by atoms with Gasteiger partial charge in [0, 0.05) is 33.8 Å². The van der Waals surface area contributed by atoms with Crippen molar-refractivity contribution in [2.45, 2.75) is 18.9 Å². The Morgan fingerprint density at radius 1 is 1.59 bits per heavy atom. The fraction of sp³-hybridized carbons (Fsp3) is 0.889. The number of hydrogen-bond acceptors (Lipinski definition) is 4. The normalized spacial score (nSPS) is 22.2. The van der Waals surface area contributed by atoms with Crippen LogP contribution in [0.15, 0.2) is 0 Å². The van der Waals surface area contributed by atoms with Crippen LogP contribution in [0.3, 0.4) is 0 Å². The molecule has 0 aromatic heterocycles. The lowest BCUT2D eigenvalue weighted by Gasteiger charge is -2.23. The smallest absolute Gasteiger partial charge is 0.304 e. The SMILES string of the molecule is COC1CCN(S(=O)(=O)N(C)CCC(=O)O)C1. The molecule has 0 aliphatic carbocycles. The Labute approximate surface area is 101 Å². The van der Waals surface area contributed by atoms with E-state index in [0.29, 0.717) is 19.5 Å². The van der Waals surface area contributed by atoms with E-state index in [-0.39, 0.29) is 19.1 Å². The molecule has 1 N–H and O–H groups in total. The Morgan fingerprint density at radius 3 is 2.71 bits per heavy atom. The number of rotatable bonds is 6. The minimum absolute atomic E-state index is 0.0220. The van der Waals surface area contributed by atoms with Gasteiger partial charge in [0.25, 0.3) is 10.2 Å². The van der Waals surface area contributed by atoms with E-state index in [0.717, 1.165) is 4.31 Å². The van der Waals surface area contributed by atoms with E-state index >= 15 is 0 Å². The number of carboxylic acid groups (broad SMARTS) is 1. The lowest BCUT2D eigenvalue weighted by Crippen LogP contribution is -2.41. The highest BCUT2D eigenvalue weighted by Gasteiger charge is 2.33. The zero-order valence-electron chi connectivity index (χ0n) is 10.00. The third-order valence-electron chi connectivity index (χ3n) is 2.80. The minimum Gasteiger partial charge on any atom is -0.481 e. The molecular weight excluding hydrogens is 248 g/mol. The van der Waals surface area contributed by atoms with Crippen molar-refractivity contribution in [1.29, 1.82) is 0 Å². The molecule has 0 aromatic rings. The summed E-state index contributed by atoms with van der Waals surface area (Å²) in [5.74, 6) is -1.01. The maximum absolute atomic E-state index is 12.0. The quantitative estimate of drug-likeness (QED) is 0.691. The van der Waals surface area contributed by atoms with Crippen molar-refractivity contribution in [1.82, 2.24) is 8.61 Å². The summed E-state index contributed by atoms with van der Waals surface area (Å²) < 4.78 is 31.5. The standard InChI is InChI=1S/C9H18N2O5S/c1-10(5-4-9(12)13)17(14,15)11-6-3-8(7-11)16-2/h8H,3-7H2,1-2H3,(H,12,13). The van der Waals surface area contributed by atoms with Gasteiger partial charge < -0.3 is 9.84 Å². The van der Waals surface area contributed by atoms with E-state index < -0.39 is 16.2 Å². The first kappa shape index (κ1) is 14.4. The van der Waals surface area contributed by atoms with Crippen molar-refractivity contribution >= 4 is 16.2 Å². The molecule has 1 rings (SSSR count). The molecule has 1 fully saturated rings. The molecule has 0 radical (unpaired) electrons. The van der Waals surface area contributed by atoms with Crippen molar-refractivity contribution in [3.63, 3.8) is 0 Å². The molecule has 1 unspecified atom stereocenters. The molecule has 1 atom stereocenters. The predicted octanol–water partition coefficient (Wildman–Crippen LogP) is -0.642. The van der Waals surface area contributed by atoms with Crippen LogP contribution in [-0.2, 0) is 19.7 Å². The lowest BCUT2D eigenvalue weighted by molar-refractivity contribution is -0.137. The Bertz CT molecular complexity index is 370. The number of aliphatic carboxylic acids is 1. The molecule has 1 aliphatic rings. The largest absolute Gasteiger partial charge is 0.481 e. The van der Waals surface area contributed by atoms with E-state index in [1.807, 2.05) is 0 Å². The zero-order chi connectivity index (χ0) is 13.1. The Morgan fingerprint density at radius 2 is 2.24 bits per heavy atom. The highest BCUT2D eigenvalue weighted by Crippen LogP contribution is 2.17. The van der Waals surface area contributed by atoms with Crippen molar-refractivity contribution in [3.05, 3.63) is 0 Å². The van der Waals surface area contributed by atoms with E-state index in [1.54, 1.807) is 7.11 Å². The highest BCUT2D eigenvalue weighted by molar-refractivity contribution is 7.86. The lowest BCUT2D eigenvalue weighted by atomic mass is 10.3. The molecule has 8 heteroatoms. The average Bonchev–Trinajstić information content (AvgIpc) is 2.74. The fourth-order valence-corrected chi connectivity index (χ4v) is 3.07. The van der Waals surface area contributed by atoms with Gasteiger partial charge in [-0.05, 0) is 6.42 Å². The molecule has 0 bridgehead atoms. The van der Waals surface area contributed by atoms with Crippen LogP contribution in [0.4, 0.5) is 0 Å². The van der Waals surface area contributed by atoms with Crippen LogP contribution < -0.4 is 0 Å². The summed E-state index contributed by atoms with van der Waals surface area (Å²) in [6.07, 6.45) is 0.400. The number of carbonyl (C=O) groups is 1. The zero-order valence-corrected chi connectivity index (χ0v) is 10.8. The number of nitrogens with zero attached hydrogens (tertiary/aromatic N) is 2. The molecule has 1 heterocycles. The van der Waals surface area contributed by atoms with Crippen molar-refractivity contribution in [2.75, 3.05) is 33.8 Å². The molecule has 0 saturated carbocycles. The predicted molar refractivity (Wildman–Crippen MR) is 60.8 cm³/mol. The monoisotopic (exact) mass is 266 g/mol. The van der Waals surface area contributed by atoms with Crippen LogP contribution in [0.5, 0.6) is 0 Å². The van der Waals surface area contributed by atoms with Crippen LogP contribution in [-0.4, -0.2) is 68.0 Å². The van der Waals surface area contributed by atoms with E-state index in [9.17, 15) is 13.2 Å². The number of ether oxygens (including phenoxy) is 1. The molecule has 0 aromatic carbocycles. The minimum atomic E-state index is -3.55. The average molecular weight is 266 g/mol. The van der Waals surface area contributed by atoms with Crippen LogP contribution >= 0.6 is 0 Å². The number of hydrogen-bond donors (Lipinski definition) is 1. The van der Waals surface area contributed by atoms with E-state index in [1.165, 1.54) is 11.4 Å². The summed E-state index contributed by atoms with van der Waals surface area (Å²) in [6, 6.07) is 0. The van der Waals surface area contributed by atoms with Crippen molar-refractivity contribution in [3.8, 4) is 0 Å². The highest BCUT2D eigenvalue weighted by atomic mass is 32.2. The number of carboxylic acids is 1. The summed E-state index contributed by atoms with van der Waals surface area (Å²) in [5, 5.41) is 8.52. The second-order valence-corrected chi connectivity index (χ2v) is 6.01. The molecule has 17 heavy (non-hydrogen) atoms. The van der Waals surface area contributed by atoms with Gasteiger partial charge in [0.15, 0.2) is 0 Å². The molecule has 0 amide bonds. The molecule has 100 valence electrons. The van der Waals surface area contributed by atoms with Gasteiger partial charge >= 0.3 is 5.97 Å². The number of methoxy groups -OCH3 is 1. The summed E-state index contributed by atoms with van der Waals surface area (Å²) in [6.45, 7) is 0.723. The summed E-state index contributed by atoms with van der Waals surface area (Å²) in [5.41, 5.74) is 0. The molecule has 0 spiro atoms. The van der Waals surface area contributed by atoms with Gasteiger partial charge in [-0.2, -0.15) is 17.0 Å². The maximum atomic E-state index is 12.0. The summed E-state index contributed by atoms with van der Waals surface area (Å²) in [7, 11) is -0.616. The van der Waals surface area contributed by atoms with Crippen molar-refractivity contribution < 1.29 is 23.1 Å². The van der Waals surface area contributed by atoms with Gasteiger partial charge in [0.1, 0.15) is 0 Å². The van der Waals surface area contributed by atoms with Gasteiger partial charge in [0.05, 0.1) is 12.5 Å². The van der Waals surface area contributed by atoms with Gasteiger partial charge in [0.2, 0.25) is 0 Å². The summed E-state index contributed by atoms with van der Waals surface area (Å²) in [4.78, 5) is 10.4. The maximum Gasteiger partial charge on any atom is 0.304 e. The topological polar surface area (TPSA) is 87.2 Å². The Hall–Kier alpha value is -0.700. The second-order valence-electron chi connectivity index (χ2n) is 3.98. The van der Waals surface area contributed by atoms with Crippen molar-refractivity contribution in [2.24, 2.45) is 0 Å². The van der Waals surface area contributed by atoms with E-state index in [4.69, 9.17) is 9.84 Å². The molecule has 1 saturated heterocycles. The van der Waals surface area contributed by atoms with Gasteiger partial charge in [-0.25, -0.2) is 0 Å². The Balaban J connectivity index is 2.58. The summed E-state index contributed by atoms with van der Waals surface area (Å²) >= 11 is 0. The van der Waals surface area contributed by atoms with Gasteiger partial charge in [-0.1, -0.05) is 0 Å². The van der Waals surface area contributed by atoms with Crippen LogP contribution in [0, 0.1) is 0 Å². The molecule has 7 nitrogen and oxygen atoms in total. The van der Waals surface area contributed by atoms with Gasteiger partial charge in [-0.15, -0.1) is 0 Å². The van der Waals surface area contributed by atoms with Crippen LogP contribution in [0.2, 0.25) is 0 Å². The third-order valence-corrected chi connectivity index (χ3v) is 4.76. The molecule has 1 aliphatic heterocycles. The van der Waals surface area contributed by atoms with Crippen LogP contribution in [0.25, 0.3) is 0 Å². The second kappa shape index (κ2) is 5.76. The van der Waals surface area contributed by atoms with Gasteiger partial charge in [-0.3, -0.25) is 4.79 Å². The molecular formula is C9H18N2O5S. The fourth-order valence-electron chi connectivity index (χ4n) is 1.67. The van der Waals surface area contributed by atoms with E-state index in [2.05, 4.69) is 0 Å². The third kappa shape index (κ3) is 3.63. The first-order chi connectivity index (χ1) is 7.87. The Kier molecular flexibility index (Phi) is 4.87. The first-order valence-electron chi connectivity index (χ1n) is 5.34.